The molecule has 0 aromatic heterocycles. The van der Waals surface area contributed by atoms with Gasteiger partial charge in [0.1, 0.15) is 17.3 Å². The fourth-order valence-electron chi connectivity index (χ4n) is 3.06. The van der Waals surface area contributed by atoms with Crippen molar-refractivity contribution in [3.8, 4) is 23.0 Å². The van der Waals surface area contributed by atoms with Crippen molar-refractivity contribution in [2.45, 2.75) is 11.5 Å². The van der Waals surface area contributed by atoms with E-state index in [0.717, 1.165) is 5.56 Å². The van der Waals surface area contributed by atoms with Gasteiger partial charge < -0.3 is 24.3 Å². The number of hydrogen-bond donors (Lipinski definition) is 2. The van der Waals surface area contributed by atoms with Gasteiger partial charge in [-0.2, -0.15) is 0 Å². The number of sulfonamides is 1. The SMILES string of the molecule is COc1ccc(NC(=O)c2cc(OC)c(OCc3ccccc3)c(OC)c2)cc1S(N)(=O)=O. The fourth-order valence-corrected chi connectivity index (χ4v) is 3.79. The molecule has 3 N–H and O–H groups in total. The van der Waals surface area contributed by atoms with Gasteiger partial charge in [0.05, 0.1) is 21.3 Å². The number of ether oxygens (including phenoxy) is 4. The van der Waals surface area contributed by atoms with Crippen LogP contribution >= 0.6 is 0 Å². The molecule has 174 valence electrons. The Labute approximate surface area is 192 Å². The minimum absolute atomic E-state index is 0.0683. The van der Waals surface area contributed by atoms with Crippen molar-refractivity contribution >= 4 is 21.6 Å². The van der Waals surface area contributed by atoms with E-state index in [9.17, 15) is 13.2 Å². The smallest absolute Gasteiger partial charge is 0.255 e. The van der Waals surface area contributed by atoms with Gasteiger partial charge in [0, 0.05) is 11.3 Å². The summed E-state index contributed by atoms with van der Waals surface area (Å²) in [7, 11) is 0.168. The predicted molar refractivity (Wildman–Crippen MR) is 123 cm³/mol. The summed E-state index contributed by atoms with van der Waals surface area (Å²) in [5.74, 6) is 0.498. The van der Waals surface area contributed by atoms with Gasteiger partial charge in [-0.25, -0.2) is 13.6 Å². The highest BCUT2D eigenvalue weighted by Crippen LogP contribution is 2.39. The maximum Gasteiger partial charge on any atom is 0.255 e. The highest BCUT2D eigenvalue weighted by atomic mass is 32.2. The molecule has 3 rings (SSSR count). The van der Waals surface area contributed by atoms with Crippen LogP contribution in [0.15, 0.2) is 65.6 Å². The van der Waals surface area contributed by atoms with Crippen molar-refractivity contribution in [2.75, 3.05) is 26.6 Å². The summed E-state index contributed by atoms with van der Waals surface area (Å²) >= 11 is 0. The van der Waals surface area contributed by atoms with Crippen LogP contribution in [0.2, 0.25) is 0 Å². The number of carbonyl (C=O) groups excluding carboxylic acids is 1. The molecule has 0 aliphatic carbocycles. The number of nitrogens with one attached hydrogen (secondary N) is 1. The molecule has 0 bridgehead atoms. The number of benzene rings is 3. The van der Waals surface area contributed by atoms with Crippen molar-refractivity contribution in [3.63, 3.8) is 0 Å². The zero-order valence-corrected chi connectivity index (χ0v) is 19.1. The molecule has 1 amide bonds. The van der Waals surface area contributed by atoms with Crippen molar-refractivity contribution < 1.29 is 32.2 Å². The lowest BCUT2D eigenvalue weighted by Gasteiger charge is -2.16. The Kier molecular flexibility index (Phi) is 7.41. The second-order valence-electron chi connectivity index (χ2n) is 6.85. The first-order valence-corrected chi connectivity index (χ1v) is 11.3. The Morgan fingerprint density at radius 2 is 1.48 bits per heavy atom. The first kappa shape index (κ1) is 23.9. The normalized spacial score (nSPS) is 10.9. The molecule has 0 heterocycles. The number of primary sulfonamides is 1. The monoisotopic (exact) mass is 472 g/mol. The van der Waals surface area contributed by atoms with E-state index in [-0.39, 0.29) is 28.5 Å². The molecule has 10 heteroatoms. The Morgan fingerprint density at radius 3 is 2.03 bits per heavy atom. The molecule has 9 nitrogen and oxygen atoms in total. The van der Waals surface area contributed by atoms with Crippen LogP contribution in [0.4, 0.5) is 5.69 Å². The van der Waals surface area contributed by atoms with Crippen LogP contribution in [0.5, 0.6) is 23.0 Å². The summed E-state index contributed by atoms with van der Waals surface area (Å²) in [6.45, 7) is 0.279. The van der Waals surface area contributed by atoms with Gasteiger partial charge in [-0.15, -0.1) is 0 Å². The van der Waals surface area contributed by atoms with Gasteiger partial charge in [0.15, 0.2) is 11.5 Å². The highest BCUT2D eigenvalue weighted by Gasteiger charge is 2.20. The average Bonchev–Trinajstić information content (AvgIpc) is 2.82. The molecular weight excluding hydrogens is 448 g/mol. The summed E-state index contributed by atoms with van der Waals surface area (Å²) < 4.78 is 45.4. The summed E-state index contributed by atoms with van der Waals surface area (Å²) in [4.78, 5) is 12.6. The number of carbonyl (C=O) groups is 1. The number of methoxy groups -OCH3 is 3. The number of anilines is 1. The Balaban J connectivity index is 1.88. The van der Waals surface area contributed by atoms with Crippen LogP contribution in [0.1, 0.15) is 15.9 Å². The van der Waals surface area contributed by atoms with Crippen molar-refractivity contribution in [1.82, 2.24) is 0 Å². The van der Waals surface area contributed by atoms with Gasteiger partial charge in [-0.05, 0) is 35.9 Å². The lowest BCUT2D eigenvalue weighted by Crippen LogP contribution is -2.16. The van der Waals surface area contributed by atoms with E-state index in [1.807, 2.05) is 30.3 Å². The summed E-state index contributed by atoms with van der Waals surface area (Å²) in [6.07, 6.45) is 0. The molecule has 0 saturated heterocycles. The van der Waals surface area contributed by atoms with E-state index in [1.54, 1.807) is 0 Å². The van der Waals surface area contributed by atoms with E-state index >= 15 is 0 Å². The maximum absolute atomic E-state index is 12.9. The van der Waals surface area contributed by atoms with E-state index in [2.05, 4.69) is 5.32 Å². The molecule has 0 unspecified atom stereocenters. The highest BCUT2D eigenvalue weighted by molar-refractivity contribution is 7.89. The Bertz CT molecular complexity index is 1220. The number of nitrogens with two attached hydrogens (primary N) is 1. The largest absolute Gasteiger partial charge is 0.495 e. The van der Waals surface area contributed by atoms with E-state index < -0.39 is 15.9 Å². The van der Waals surface area contributed by atoms with Crippen molar-refractivity contribution in [1.29, 1.82) is 0 Å². The molecule has 0 spiro atoms. The molecule has 0 aliphatic rings. The molecule has 0 aliphatic heterocycles. The lowest BCUT2D eigenvalue weighted by atomic mass is 10.1. The lowest BCUT2D eigenvalue weighted by molar-refractivity contribution is 0.102. The molecule has 0 radical (unpaired) electrons. The van der Waals surface area contributed by atoms with Gasteiger partial charge in [-0.3, -0.25) is 4.79 Å². The average molecular weight is 473 g/mol. The van der Waals surface area contributed by atoms with Crippen LogP contribution in [-0.4, -0.2) is 35.7 Å². The number of hydrogen-bond acceptors (Lipinski definition) is 7. The molecule has 0 saturated carbocycles. The number of amides is 1. The van der Waals surface area contributed by atoms with Crippen LogP contribution in [0.3, 0.4) is 0 Å². The molecule has 3 aromatic rings. The van der Waals surface area contributed by atoms with Gasteiger partial charge >= 0.3 is 0 Å². The number of rotatable bonds is 9. The van der Waals surface area contributed by atoms with E-state index in [4.69, 9.17) is 24.1 Å². The van der Waals surface area contributed by atoms with Gasteiger partial charge in [-0.1, -0.05) is 30.3 Å². The van der Waals surface area contributed by atoms with Gasteiger partial charge in [0.2, 0.25) is 15.8 Å². The third-order valence-electron chi connectivity index (χ3n) is 4.68. The van der Waals surface area contributed by atoms with Crippen molar-refractivity contribution in [2.24, 2.45) is 5.14 Å². The third-order valence-corrected chi connectivity index (χ3v) is 5.61. The van der Waals surface area contributed by atoms with Crippen LogP contribution < -0.4 is 29.4 Å². The zero-order chi connectivity index (χ0) is 24.0. The first-order chi connectivity index (χ1) is 15.8. The molecule has 0 fully saturated rings. The fraction of sp³-hybridized carbons (Fsp3) is 0.174. The molecule has 3 aromatic carbocycles. The molecule has 0 atom stereocenters. The minimum atomic E-state index is -4.06. The quantitative estimate of drug-likeness (QED) is 0.490. The van der Waals surface area contributed by atoms with Crippen LogP contribution in [0.25, 0.3) is 0 Å². The van der Waals surface area contributed by atoms with Crippen LogP contribution in [-0.2, 0) is 16.6 Å². The Morgan fingerprint density at radius 1 is 0.879 bits per heavy atom. The standard InChI is InChI=1S/C23H24N2O7S/c1-29-18-10-9-17(13-21(18)33(24,27)28)25-23(26)16-11-19(30-2)22(20(12-16)31-3)32-14-15-7-5-4-6-8-15/h4-13H,14H2,1-3H3,(H,25,26)(H2,24,27,28). The minimum Gasteiger partial charge on any atom is -0.495 e. The summed E-state index contributed by atoms with van der Waals surface area (Å²) in [5.41, 5.74) is 1.38. The van der Waals surface area contributed by atoms with E-state index in [0.29, 0.717) is 17.2 Å². The first-order valence-electron chi connectivity index (χ1n) is 9.71. The molecule has 33 heavy (non-hydrogen) atoms. The second-order valence-corrected chi connectivity index (χ2v) is 8.38. The summed E-state index contributed by atoms with van der Waals surface area (Å²) in [6, 6.07) is 16.7. The molecular formula is C23H24N2O7S. The predicted octanol–water partition coefficient (Wildman–Crippen LogP) is 3.19. The summed E-state index contributed by atoms with van der Waals surface area (Å²) in [5, 5.41) is 7.87. The van der Waals surface area contributed by atoms with Crippen molar-refractivity contribution in [3.05, 3.63) is 71.8 Å². The van der Waals surface area contributed by atoms with Crippen LogP contribution in [0, 0.1) is 0 Å². The maximum atomic E-state index is 12.9. The zero-order valence-electron chi connectivity index (χ0n) is 18.3. The van der Waals surface area contributed by atoms with Gasteiger partial charge in [0.25, 0.3) is 5.91 Å². The Hall–Kier alpha value is -3.76. The second kappa shape index (κ2) is 10.2. The topological polar surface area (TPSA) is 126 Å². The van der Waals surface area contributed by atoms with E-state index in [1.165, 1.54) is 51.7 Å². The third kappa shape index (κ3) is 5.73.